The molecule has 0 saturated heterocycles. The SMILES string of the molecule is CSc1nnc(C(C)(C)CN)o1. The van der Waals surface area contributed by atoms with Gasteiger partial charge < -0.3 is 10.2 Å². The van der Waals surface area contributed by atoms with Crippen molar-refractivity contribution in [2.45, 2.75) is 24.5 Å². The summed E-state index contributed by atoms with van der Waals surface area (Å²) in [5, 5.41) is 8.34. The van der Waals surface area contributed by atoms with Gasteiger partial charge in [-0.25, -0.2) is 0 Å². The van der Waals surface area contributed by atoms with E-state index in [0.29, 0.717) is 17.7 Å². The van der Waals surface area contributed by atoms with E-state index in [1.807, 2.05) is 20.1 Å². The van der Waals surface area contributed by atoms with E-state index in [9.17, 15) is 0 Å². The Labute approximate surface area is 75.9 Å². The quantitative estimate of drug-likeness (QED) is 0.716. The molecule has 0 unspecified atom stereocenters. The van der Waals surface area contributed by atoms with E-state index in [1.165, 1.54) is 11.8 Å². The van der Waals surface area contributed by atoms with Gasteiger partial charge in [-0.15, -0.1) is 10.2 Å². The van der Waals surface area contributed by atoms with E-state index >= 15 is 0 Å². The van der Waals surface area contributed by atoms with E-state index in [1.54, 1.807) is 0 Å². The highest BCUT2D eigenvalue weighted by atomic mass is 32.2. The van der Waals surface area contributed by atoms with Gasteiger partial charge in [-0.1, -0.05) is 11.8 Å². The smallest absolute Gasteiger partial charge is 0.276 e. The zero-order chi connectivity index (χ0) is 9.19. The normalized spacial score (nSPS) is 12.0. The molecule has 12 heavy (non-hydrogen) atoms. The van der Waals surface area contributed by atoms with Gasteiger partial charge in [0.25, 0.3) is 5.22 Å². The molecule has 0 aliphatic carbocycles. The first kappa shape index (κ1) is 9.54. The maximum absolute atomic E-state index is 5.55. The Balaban J connectivity index is 2.88. The highest BCUT2D eigenvalue weighted by Gasteiger charge is 2.25. The topological polar surface area (TPSA) is 64.9 Å². The molecule has 2 N–H and O–H groups in total. The zero-order valence-corrected chi connectivity index (χ0v) is 8.31. The van der Waals surface area contributed by atoms with Crippen molar-refractivity contribution in [3.63, 3.8) is 0 Å². The van der Waals surface area contributed by atoms with Crippen LogP contribution in [0.5, 0.6) is 0 Å². The van der Waals surface area contributed by atoms with E-state index < -0.39 is 0 Å². The molecule has 1 aromatic rings. The lowest BCUT2D eigenvalue weighted by Crippen LogP contribution is -2.28. The van der Waals surface area contributed by atoms with Gasteiger partial charge >= 0.3 is 0 Å². The standard InChI is InChI=1S/C7H13N3OS/c1-7(2,4-8)5-9-10-6(11-5)12-3/h4,8H2,1-3H3. The predicted octanol–water partition coefficient (Wildman–Crippen LogP) is 1.03. The lowest BCUT2D eigenvalue weighted by molar-refractivity contribution is 0.336. The molecule has 0 bridgehead atoms. The van der Waals surface area contributed by atoms with Gasteiger partial charge in [0.05, 0.1) is 5.41 Å². The fraction of sp³-hybridized carbons (Fsp3) is 0.714. The van der Waals surface area contributed by atoms with Crippen LogP contribution in [0.15, 0.2) is 9.64 Å². The van der Waals surface area contributed by atoms with E-state index in [-0.39, 0.29) is 5.41 Å². The number of nitrogens with two attached hydrogens (primary N) is 1. The van der Waals surface area contributed by atoms with E-state index in [4.69, 9.17) is 10.2 Å². The van der Waals surface area contributed by atoms with Crippen LogP contribution in [0.4, 0.5) is 0 Å². The van der Waals surface area contributed by atoms with Crippen molar-refractivity contribution in [2.24, 2.45) is 5.73 Å². The van der Waals surface area contributed by atoms with Gasteiger partial charge in [-0.3, -0.25) is 0 Å². The van der Waals surface area contributed by atoms with Crippen LogP contribution >= 0.6 is 11.8 Å². The average Bonchev–Trinajstić information content (AvgIpc) is 2.52. The minimum absolute atomic E-state index is 0.221. The summed E-state index contributed by atoms with van der Waals surface area (Å²) in [5.41, 5.74) is 5.33. The molecule has 68 valence electrons. The average molecular weight is 187 g/mol. The highest BCUT2D eigenvalue weighted by Crippen LogP contribution is 2.22. The molecule has 0 aromatic carbocycles. The summed E-state index contributed by atoms with van der Waals surface area (Å²) < 4.78 is 5.35. The Morgan fingerprint density at radius 3 is 2.58 bits per heavy atom. The predicted molar refractivity (Wildman–Crippen MR) is 48.2 cm³/mol. The zero-order valence-electron chi connectivity index (χ0n) is 7.50. The van der Waals surface area contributed by atoms with Crippen molar-refractivity contribution in [1.82, 2.24) is 10.2 Å². The molecule has 1 rings (SSSR count). The molecule has 0 atom stereocenters. The lowest BCUT2D eigenvalue weighted by Gasteiger charge is -2.15. The summed E-state index contributed by atoms with van der Waals surface area (Å²) in [4.78, 5) is 0. The van der Waals surface area contributed by atoms with Gasteiger partial charge in [0.1, 0.15) is 0 Å². The monoisotopic (exact) mass is 187 g/mol. The van der Waals surface area contributed by atoms with E-state index in [2.05, 4.69) is 10.2 Å². The second-order valence-electron chi connectivity index (χ2n) is 3.17. The molecule has 0 amide bonds. The van der Waals surface area contributed by atoms with Crippen LogP contribution < -0.4 is 5.73 Å². The summed E-state index contributed by atoms with van der Waals surface area (Å²) in [6.07, 6.45) is 1.90. The molecule has 0 fully saturated rings. The fourth-order valence-corrected chi connectivity index (χ4v) is 0.938. The number of nitrogens with zero attached hydrogens (tertiary/aromatic N) is 2. The Morgan fingerprint density at radius 2 is 2.17 bits per heavy atom. The maximum Gasteiger partial charge on any atom is 0.276 e. The number of hydrogen-bond donors (Lipinski definition) is 1. The number of thioether (sulfide) groups is 1. The first-order valence-electron chi connectivity index (χ1n) is 3.68. The van der Waals surface area contributed by atoms with Crippen molar-refractivity contribution in [3.05, 3.63) is 5.89 Å². The molecule has 0 aliphatic heterocycles. The van der Waals surface area contributed by atoms with Crippen LogP contribution in [-0.2, 0) is 5.41 Å². The first-order valence-corrected chi connectivity index (χ1v) is 4.90. The second kappa shape index (κ2) is 3.45. The minimum atomic E-state index is -0.221. The van der Waals surface area contributed by atoms with Gasteiger partial charge in [-0.2, -0.15) is 0 Å². The summed E-state index contributed by atoms with van der Waals surface area (Å²) in [7, 11) is 0. The number of hydrogen-bond acceptors (Lipinski definition) is 5. The van der Waals surface area contributed by atoms with Crippen LogP contribution in [0, 0.1) is 0 Å². The number of aromatic nitrogens is 2. The van der Waals surface area contributed by atoms with Crippen LogP contribution in [0.25, 0.3) is 0 Å². The number of rotatable bonds is 3. The molecule has 5 heteroatoms. The molecule has 4 nitrogen and oxygen atoms in total. The van der Waals surface area contributed by atoms with Crippen LogP contribution in [0.3, 0.4) is 0 Å². The lowest BCUT2D eigenvalue weighted by atomic mass is 9.94. The Kier molecular flexibility index (Phi) is 2.74. The second-order valence-corrected chi connectivity index (χ2v) is 3.92. The summed E-state index contributed by atoms with van der Waals surface area (Å²) in [5.74, 6) is 0.606. The third-order valence-electron chi connectivity index (χ3n) is 1.67. The Hall–Kier alpha value is -0.550. The van der Waals surface area contributed by atoms with Crippen LogP contribution in [0.1, 0.15) is 19.7 Å². The third kappa shape index (κ3) is 1.78. The van der Waals surface area contributed by atoms with Gasteiger partial charge in [0.2, 0.25) is 5.89 Å². The van der Waals surface area contributed by atoms with Crippen molar-refractivity contribution in [3.8, 4) is 0 Å². The molecule has 0 saturated carbocycles. The van der Waals surface area contributed by atoms with Crippen molar-refractivity contribution in [2.75, 3.05) is 12.8 Å². The molecular weight excluding hydrogens is 174 g/mol. The molecule has 0 aliphatic rings. The summed E-state index contributed by atoms with van der Waals surface area (Å²) >= 11 is 1.44. The van der Waals surface area contributed by atoms with Gasteiger partial charge in [0, 0.05) is 6.54 Å². The van der Waals surface area contributed by atoms with Crippen LogP contribution in [-0.4, -0.2) is 23.0 Å². The molecule has 1 aromatic heterocycles. The maximum atomic E-state index is 5.55. The Bertz CT molecular complexity index is 259. The Morgan fingerprint density at radius 1 is 1.50 bits per heavy atom. The molecular formula is C7H13N3OS. The first-order chi connectivity index (χ1) is 5.60. The highest BCUT2D eigenvalue weighted by molar-refractivity contribution is 7.98. The molecule has 0 radical (unpaired) electrons. The van der Waals surface area contributed by atoms with Crippen molar-refractivity contribution >= 4 is 11.8 Å². The van der Waals surface area contributed by atoms with E-state index in [0.717, 1.165) is 0 Å². The third-order valence-corrected chi connectivity index (χ3v) is 2.18. The summed E-state index contributed by atoms with van der Waals surface area (Å²) in [6.45, 7) is 4.46. The summed E-state index contributed by atoms with van der Waals surface area (Å²) in [6, 6.07) is 0. The van der Waals surface area contributed by atoms with Gasteiger partial charge in [-0.05, 0) is 20.1 Å². The van der Waals surface area contributed by atoms with Crippen molar-refractivity contribution < 1.29 is 4.42 Å². The minimum Gasteiger partial charge on any atom is -0.415 e. The van der Waals surface area contributed by atoms with Gasteiger partial charge in [0.15, 0.2) is 0 Å². The molecule has 1 heterocycles. The molecule has 0 spiro atoms. The van der Waals surface area contributed by atoms with Crippen LogP contribution in [0.2, 0.25) is 0 Å². The largest absolute Gasteiger partial charge is 0.415 e. The van der Waals surface area contributed by atoms with Crippen molar-refractivity contribution in [1.29, 1.82) is 0 Å². The fourth-order valence-electron chi connectivity index (χ4n) is 0.653.